The molecule has 3 rings (SSSR count). The summed E-state index contributed by atoms with van der Waals surface area (Å²) in [5, 5.41) is 0.806. The van der Waals surface area contributed by atoms with Crippen LogP contribution >= 0.6 is 11.8 Å². The van der Waals surface area contributed by atoms with Crippen LogP contribution < -0.4 is 9.47 Å². The summed E-state index contributed by atoms with van der Waals surface area (Å²) in [6.07, 6.45) is 0. The smallest absolute Gasteiger partial charge is 0.173 e. The molecule has 0 aliphatic heterocycles. The Morgan fingerprint density at radius 1 is 1.08 bits per heavy atom. The zero-order chi connectivity index (χ0) is 17.1. The fourth-order valence-corrected chi connectivity index (χ4v) is 3.29. The van der Waals surface area contributed by atoms with Gasteiger partial charge in [-0.1, -0.05) is 11.8 Å². The molecule has 0 unspecified atom stereocenters. The molecular weight excluding hydrogens is 324 g/mol. The largest absolute Gasteiger partial charge is 0.497 e. The average Bonchev–Trinajstić information content (AvgIpc) is 2.95. The highest BCUT2D eigenvalue weighted by molar-refractivity contribution is 7.99. The normalized spacial score (nSPS) is 10.8. The van der Waals surface area contributed by atoms with Crippen molar-refractivity contribution < 1.29 is 14.3 Å². The SMILES string of the molecule is COc1ccc(C(=O)CSc2nc3cc(OC)ccc3n2C)cc1. The van der Waals surface area contributed by atoms with Gasteiger partial charge >= 0.3 is 0 Å². The van der Waals surface area contributed by atoms with Crippen molar-refractivity contribution in [3.8, 4) is 11.5 Å². The van der Waals surface area contributed by atoms with E-state index in [2.05, 4.69) is 4.98 Å². The minimum absolute atomic E-state index is 0.0623. The molecule has 3 aromatic rings. The Balaban J connectivity index is 1.74. The van der Waals surface area contributed by atoms with Gasteiger partial charge < -0.3 is 14.0 Å². The number of carbonyl (C=O) groups is 1. The zero-order valence-electron chi connectivity index (χ0n) is 13.8. The molecule has 124 valence electrons. The second-order valence-corrected chi connectivity index (χ2v) is 6.19. The number of methoxy groups -OCH3 is 2. The van der Waals surface area contributed by atoms with Crippen molar-refractivity contribution in [2.75, 3.05) is 20.0 Å². The van der Waals surface area contributed by atoms with E-state index < -0.39 is 0 Å². The van der Waals surface area contributed by atoms with E-state index in [1.165, 1.54) is 11.8 Å². The predicted octanol–water partition coefficient (Wildman–Crippen LogP) is 3.57. The maximum atomic E-state index is 12.3. The molecule has 0 fully saturated rings. The number of aromatic nitrogens is 2. The highest BCUT2D eigenvalue weighted by Gasteiger charge is 2.12. The zero-order valence-corrected chi connectivity index (χ0v) is 14.6. The molecule has 0 saturated heterocycles. The molecule has 0 N–H and O–H groups in total. The summed E-state index contributed by atoms with van der Waals surface area (Å²) in [4.78, 5) is 16.9. The van der Waals surface area contributed by atoms with Gasteiger partial charge in [0, 0.05) is 18.7 Å². The first kappa shape index (κ1) is 16.4. The highest BCUT2D eigenvalue weighted by atomic mass is 32.2. The fraction of sp³-hybridized carbons (Fsp3) is 0.222. The van der Waals surface area contributed by atoms with E-state index in [1.54, 1.807) is 38.5 Å². The predicted molar refractivity (Wildman–Crippen MR) is 95.3 cm³/mol. The number of ketones is 1. The summed E-state index contributed by atoms with van der Waals surface area (Å²) in [6.45, 7) is 0. The third-order valence-electron chi connectivity index (χ3n) is 3.79. The number of thioether (sulfide) groups is 1. The van der Waals surface area contributed by atoms with Gasteiger partial charge in [-0.3, -0.25) is 4.79 Å². The van der Waals surface area contributed by atoms with Gasteiger partial charge in [-0.05, 0) is 36.4 Å². The second-order valence-electron chi connectivity index (χ2n) is 5.25. The van der Waals surface area contributed by atoms with Gasteiger partial charge in [-0.15, -0.1) is 0 Å². The number of hydrogen-bond donors (Lipinski definition) is 0. The maximum absolute atomic E-state index is 12.3. The lowest BCUT2D eigenvalue weighted by Crippen LogP contribution is -2.03. The van der Waals surface area contributed by atoms with Crippen LogP contribution in [-0.4, -0.2) is 35.3 Å². The minimum atomic E-state index is 0.0623. The molecule has 5 nitrogen and oxygen atoms in total. The van der Waals surface area contributed by atoms with Gasteiger partial charge in [0.25, 0.3) is 0 Å². The van der Waals surface area contributed by atoms with E-state index in [1.807, 2.05) is 29.8 Å². The lowest BCUT2D eigenvalue weighted by atomic mass is 10.1. The van der Waals surface area contributed by atoms with Crippen LogP contribution in [0.4, 0.5) is 0 Å². The van der Waals surface area contributed by atoms with Crippen LogP contribution in [0.15, 0.2) is 47.6 Å². The average molecular weight is 342 g/mol. The van der Waals surface area contributed by atoms with Crippen molar-refractivity contribution >= 4 is 28.6 Å². The highest BCUT2D eigenvalue weighted by Crippen LogP contribution is 2.26. The molecule has 0 amide bonds. The number of nitrogens with zero attached hydrogens (tertiary/aromatic N) is 2. The molecule has 2 aromatic carbocycles. The number of Topliss-reactive ketones (excluding diaryl/α,β-unsaturated/α-hetero) is 1. The Morgan fingerprint density at radius 3 is 2.42 bits per heavy atom. The van der Waals surface area contributed by atoms with E-state index >= 15 is 0 Å². The Hall–Kier alpha value is -2.47. The summed E-state index contributed by atoms with van der Waals surface area (Å²) in [6, 6.07) is 12.9. The third kappa shape index (κ3) is 3.23. The van der Waals surface area contributed by atoms with Crippen LogP contribution in [0.25, 0.3) is 11.0 Å². The Kier molecular flexibility index (Phi) is 4.76. The number of benzene rings is 2. The van der Waals surface area contributed by atoms with Crippen molar-refractivity contribution in [2.24, 2.45) is 7.05 Å². The Bertz CT molecular complexity index is 872. The van der Waals surface area contributed by atoms with Gasteiger partial charge in [0.2, 0.25) is 0 Å². The number of hydrogen-bond acceptors (Lipinski definition) is 5. The molecule has 24 heavy (non-hydrogen) atoms. The van der Waals surface area contributed by atoms with Crippen LogP contribution in [0.5, 0.6) is 11.5 Å². The molecule has 0 aliphatic carbocycles. The van der Waals surface area contributed by atoms with Crippen LogP contribution in [-0.2, 0) is 7.05 Å². The molecule has 0 saturated carbocycles. The van der Waals surface area contributed by atoms with Crippen molar-refractivity contribution in [3.63, 3.8) is 0 Å². The first-order valence-electron chi connectivity index (χ1n) is 7.43. The minimum Gasteiger partial charge on any atom is -0.497 e. The van der Waals surface area contributed by atoms with Crippen LogP contribution in [0.3, 0.4) is 0 Å². The molecule has 0 bridgehead atoms. The summed E-state index contributed by atoms with van der Waals surface area (Å²) in [5.41, 5.74) is 2.54. The lowest BCUT2D eigenvalue weighted by Gasteiger charge is -2.04. The third-order valence-corrected chi connectivity index (χ3v) is 4.82. The molecule has 0 aliphatic rings. The van der Waals surface area contributed by atoms with Crippen molar-refractivity contribution in [1.29, 1.82) is 0 Å². The van der Waals surface area contributed by atoms with E-state index in [0.717, 1.165) is 27.7 Å². The van der Waals surface area contributed by atoms with Crippen LogP contribution in [0.1, 0.15) is 10.4 Å². The molecular formula is C18H18N2O3S. The summed E-state index contributed by atoms with van der Waals surface area (Å²) in [5.74, 6) is 1.91. The summed E-state index contributed by atoms with van der Waals surface area (Å²) < 4.78 is 12.3. The number of aryl methyl sites for hydroxylation is 1. The monoisotopic (exact) mass is 342 g/mol. The van der Waals surface area contributed by atoms with Crippen molar-refractivity contribution in [2.45, 2.75) is 5.16 Å². The van der Waals surface area contributed by atoms with E-state index in [0.29, 0.717) is 11.3 Å². The summed E-state index contributed by atoms with van der Waals surface area (Å²) >= 11 is 1.43. The summed E-state index contributed by atoms with van der Waals surface area (Å²) in [7, 11) is 5.18. The van der Waals surface area contributed by atoms with Gasteiger partial charge in [-0.25, -0.2) is 4.98 Å². The standard InChI is InChI=1S/C18H18N2O3S/c1-20-16-9-8-14(23-3)10-15(16)19-18(20)24-11-17(21)12-4-6-13(22-2)7-5-12/h4-10H,11H2,1-3H3. The fourth-order valence-electron chi connectivity index (χ4n) is 2.40. The second kappa shape index (κ2) is 6.97. The van der Waals surface area contributed by atoms with Gasteiger partial charge in [0.1, 0.15) is 11.5 Å². The van der Waals surface area contributed by atoms with E-state index in [9.17, 15) is 4.79 Å². The number of imidazole rings is 1. The molecule has 6 heteroatoms. The van der Waals surface area contributed by atoms with Gasteiger partial charge in [0.15, 0.2) is 10.9 Å². The lowest BCUT2D eigenvalue weighted by molar-refractivity contribution is 0.102. The van der Waals surface area contributed by atoms with Gasteiger partial charge in [-0.2, -0.15) is 0 Å². The number of carbonyl (C=O) groups excluding carboxylic acids is 1. The van der Waals surface area contributed by atoms with Crippen molar-refractivity contribution in [3.05, 3.63) is 48.0 Å². The molecule has 0 spiro atoms. The first-order chi connectivity index (χ1) is 11.6. The molecule has 0 radical (unpaired) electrons. The maximum Gasteiger partial charge on any atom is 0.173 e. The molecule has 0 atom stereocenters. The van der Waals surface area contributed by atoms with E-state index in [4.69, 9.17) is 9.47 Å². The Morgan fingerprint density at radius 2 is 1.75 bits per heavy atom. The molecule has 1 aromatic heterocycles. The topological polar surface area (TPSA) is 53.4 Å². The number of fused-ring (bicyclic) bond motifs is 1. The quantitative estimate of drug-likeness (QED) is 0.506. The number of rotatable bonds is 6. The molecule has 1 heterocycles. The van der Waals surface area contributed by atoms with Crippen LogP contribution in [0.2, 0.25) is 0 Å². The number of ether oxygens (including phenoxy) is 2. The Labute approximate surface area is 144 Å². The van der Waals surface area contributed by atoms with Gasteiger partial charge in [0.05, 0.1) is 31.0 Å². The van der Waals surface area contributed by atoms with Crippen molar-refractivity contribution in [1.82, 2.24) is 9.55 Å². The van der Waals surface area contributed by atoms with Crippen LogP contribution in [0, 0.1) is 0 Å². The first-order valence-corrected chi connectivity index (χ1v) is 8.41. The van der Waals surface area contributed by atoms with E-state index in [-0.39, 0.29) is 5.78 Å².